The molecule has 55 heavy (non-hydrogen) atoms. The second-order valence-electron chi connectivity index (χ2n) is 12.1. The first-order valence-electron chi connectivity index (χ1n) is 20.2. The maximum absolute atomic E-state index is 11.4. The van der Waals surface area contributed by atoms with Crippen molar-refractivity contribution in [2.45, 2.75) is 58.3 Å². The molecule has 17 nitrogen and oxygen atoms in total. The maximum Gasteiger partial charge on any atom is 0.329 e. The number of ether oxygens (including phenoxy) is 13. The predicted octanol–water partition coefficient (Wildman–Crippen LogP) is 2.54. The fourth-order valence-electron chi connectivity index (χ4n) is 4.40. The van der Waals surface area contributed by atoms with Gasteiger partial charge < -0.3 is 72.0 Å². The van der Waals surface area contributed by atoms with Gasteiger partial charge in [0.25, 0.3) is 0 Å². The Balaban J connectivity index is 3.09. The van der Waals surface area contributed by atoms with E-state index in [1.54, 1.807) is 0 Å². The van der Waals surface area contributed by atoms with Crippen LogP contribution >= 0.6 is 0 Å². The van der Waals surface area contributed by atoms with Crippen LogP contribution in [0.5, 0.6) is 0 Å². The summed E-state index contributed by atoms with van der Waals surface area (Å²) in [6, 6.07) is 0. The summed E-state index contributed by atoms with van der Waals surface area (Å²) in [6.45, 7) is 13.8. The lowest BCUT2D eigenvalue weighted by molar-refractivity contribution is -0.143. The summed E-state index contributed by atoms with van der Waals surface area (Å²) in [5, 5.41) is 11.0. The molecule has 2 N–H and O–H groups in total. The standard InChI is InChI=1S/C38H75NO16/c1-2-3-4-5-6-7-8-9-11-43-13-15-45-17-19-47-21-23-49-25-27-51-29-31-53-33-34-54-32-30-52-28-26-50-24-22-48-20-18-46-16-14-44-12-10-39-37(40)35-55-36-38(41)42/h2-36H2,1H3,(H,39,40)(H,41,42). The number of carbonyl (C=O) groups is 2. The second kappa shape index (κ2) is 48.6. The molecule has 1 amide bonds. The number of carboxylic acid groups (broad SMARTS) is 1. The van der Waals surface area contributed by atoms with Crippen molar-refractivity contribution in [3.8, 4) is 0 Å². The molecule has 0 aliphatic carbocycles. The fraction of sp³-hybridized carbons (Fsp3) is 0.947. The molecular weight excluding hydrogens is 726 g/mol. The molecule has 0 aliphatic heterocycles. The van der Waals surface area contributed by atoms with Crippen molar-refractivity contribution in [3.63, 3.8) is 0 Å². The summed E-state index contributed by atoms with van der Waals surface area (Å²) in [4.78, 5) is 21.7. The summed E-state index contributed by atoms with van der Waals surface area (Å²) in [5.74, 6) is -1.52. The van der Waals surface area contributed by atoms with E-state index in [0.717, 1.165) is 13.0 Å². The van der Waals surface area contributed by atoms with Crippen LogP contribution in [0.1, 0.15) is 58.3 Å². The highest BCUT2D eigenvalue weighted by molar-refractivity contribution is 5.77. The zero-order valence-corrected chi connectivity index (χ0v) is 33.8. The monoisotopic (exact) mass is 802 g/mol. The zero-order valence-electron chi connectivity index (χ0n) is 33.8. The third-order valence-electron chi connectivity index (χ3n) is 7.26. The van der Waals surface area contributed by atoms with Gasteiger partial charge in [-0.05, 0) is 6.42 Å². The average molecular weight is 802 g/mol. The van der Waals surface area contributed by atoms with Crippen molar-refractivity contribution in [1.82, 2.24) is 5.32 Å². The number of carbonyl (C=O) groups excluding carboxylic acids is 1. The molecule has 0 aromatic rings. The highest BCUT2D eigenvalue weighted by Crippen LogP contribution is 2.08. The molecule has 0 aliphatic rings. The molecule has 0 fully saturated rings. The van der Waals surface area contributed by atoms with Crippen LogP contribution in [0.15, 0.2) is 0 Å². The van der Waals surface area contributed by atoms with E-state index in [1.807, 2.05) is 0 Å². The largest absolute Gasteiger partial charge is 0.480 e. The van der Waals surface area contributed by atoms with E-state index >= 15 is 0 Å². The van der Waals surface area contributed by atoms with E-state index in [9.17, 15) is 9.59 Å². The van der Waals surface area contributed by atoms with Gasteiger partial charge in [0.05, 0.1) is 152 Å². The molecule has 17 heteroatoms. The molecule has 328 valence electrons. The number of rotatable bonds is 49. The normalized spacial score (nSPS) is 11.4. The minimum absolute atomic E-state index is 0.300. The van der Waals surface area contributed by atoms with Gasteiger partial charge in [0.1, 0.15) is 13.2 Å². The lowest BCUT2D eigenvalue weighted by atomic mass is 10.1. The number of hydrogen-bond acceptors (Lipinski definition) is 15. The highest BCUT2D eigenvalue weighted by atomic mass is 16.6. The van der Waals surface area contributed by atoms with E-state index in [2.05, 4.69) is 17.0 Å². The Morgan fingerprint density at radius 1 is 0.345 bits per heavy atom. The number of hydrogen-bond donors (Lipinski definition) is 2. The molecule has 0 spiro atoms. The summed E-state index contributed by atoms with van der Waals surface area (Å²) in [6.07, 6.45) is 10.5. The first kappa shape index (κ1) is 53.4. The number of nitrogens with one attached hydrogen (secondary N) is 1. The summed E-state index contributed by atoms with van der Waals surface area (Å²) < 4.78 is 70.4. The molecule has 0 bridgehead atoms. The third-order valence-corrected chi connectivity index (χ3v) is 7.26. The van der Waals surface area contributed by atoms with Crippen LogP contribution in [-0.2, 0) is 71.2 Å². The Morgan fingerprint density at radius 3 is 0.927 bits per heavy atom. The fourth-order valence-corrected chi connectivity index (χ4v) is 4.40. The summed E-state index contributed by atoms with van der Waals surface area (Å²) >= 11 is 0. The van der Waals surface area contributed by atoms with Crippen LogP contribution in [0.25, 0.3) is 0 Å². The molecule has 0 aromatic heterocycles. The maximum atomic E-state index is 11.4. The van der Waals surface area contributed by atoms with Crippen LogP contribution in [0.4, 0.5) is 0 Å². The number of aliphatic carboxylic acids is 1. The Morgan fingerprint density at radius 2 is 0.618 bits per heavy atom. The van der Waals surface area contributed by atoms with Crippen LogP contribution in [-0.4, -0.2) is 195 Å². The SMILES string of the molecule is CCCCCCCCCCOCCOCCOCCOCCOCCOCCOCCOCCOCCOCCOCCOCCNC(=O)COCC(=O)O. The predicted molar refractivity (Wildman–Crippen MR) is 204 cm³/mol. The van der Waals surface area contributed by atoms with E-state index in [1.165, 1.54) is 44.9 Å². The van der Waals surface area contributed by atoms with E-state index in [4.69, 9.17) is 61.9 Å². The van der Waals surface area contributed by atoms with Crippen LogP contribution in [0, 0.1) is 0 Å². The van der Waals surface area contributed by atoms with Crippen LogP contribution < -0.4 is 5.32 Å². The minimum atomic E-state index is -1.12. The van der Waals surface area contributed by atoms with Gasteiger partial charge in [0.15, 0.2) is 0 Å². The molecule has 0 saturated carbocycles. The molecule has 0 aromatic carbocycles. The summed E-state index contributed by atoms with van der Waals surface area (Å²) in [5.41, 5.74) is 0. The van der Waals surface area contributed by atoms with Crippen molar-refractivity contribution >= 4 is 11.9 Å². The van der Waals surface area contributed by atoms with Crippen molar-refractivity contribution in [2.75, 3.05) is 178 Å². The molecule has 0 radical (unpaired) electrons. The third kappa shape index (κ3) is 50.4. The smallest absolute Gasteiger partial charge is 0.329 e. The van der Waals surface area contributed by atoms with Gasteiger partial charge in [-0.3, -0.25) is 4.79 Å². The second-order valence-corrected chi connectivity index (χ2v) is 12.1. The van der Waals surface area contributed by atoms with Crippen LogP contribution in [0.3, 0.4) is 0 Å². The van der Waals surface area contributed by atoms with E-state index in [0.29, 0.717) is 159 Å². The molecular formula is C38H75NO16. The molecule has 0 unspecified atom stereocenters. The Bertz CT molecular complexity index is 770. The molecule has 0 saturated heterocycles. The lowest BCUT2D eigenvalue weighted by Crippen LogP contribution is -2.31. The van der Waals surface area contributed by atoms with Gasteiger partial charge in [-0.25, -0.2) is 4.79 Å². The van der Waals surface area contributed by atoms with Gasteiger partial charge >= 0.3 is 5.97 Å². The van der Waals surface area contributed by atoms with Crippen molar-refractivity contribution < 1.29 is 76.3 Å². The van der Waals surface area contributed by atoms with E-state index < -0.39 is 18.5 Å². The molecule has 0 rings (SSSR count). The molecule has 0 atom stereocenters. The van der Waals surface area contributed by atoms with Crippen molar-refractivity contribution in [1.29, 1.82) is 0 Å². The van der Waals surface area contributed by atoms with Gasteiger partial charge in [-0.2, -0.15) is 0 Å². The first-order valence-corrected chi connectivity index (χ1v) is 20.2. The van der Waals surface area contributed by atoms with Gasteiger partial charge in [-0.15, -0.1) is 0 Å². The van der Waals surface area contributed by atoms with Gasteiger partial charge in [0, 0.05) is 13.2 Å². The van der Waals surface area contributed by atoms with Crippen molar-refractivity contribution in [2.24, 2.45) is 0 Å². The van der Waals surface area contributed by atoms with Crippen molar-refractivity contribution in [3.05, 3.63) is 0 Å². The highest BCUT2D eigenvalue weighted by Gasteiger charge is 2.03. The van der Waals surface area contributed by atoms with Gasteiger partial charge in [-0.1, -0.05) is 51.9 Å². The number of unbranched alkanes of at least 4 members (excludes halogenated alkanes) is 7. The quantitative estimate of drug-likeness (QED) is 0.0855. The average Bonchev–Trinajstić information content (AvgIpc) is 3.17. The Labute approximate surface area is 329 Å². The Hall–Kier alpha value is -1.58. The Kier molecular flexibility index (Phi) is 47.2. The number of carboxylic acids is 1. The van der Waals surface area contributed by atoms with Crippen LogP contribution in [0.2, 0.25) is 0 Å². The minimum Gasteiger partial charge on any atom is -0.480 e. The zero-order chi connectivity index (χ0) is 39.8. The topological polar surface area (TPSA) is 186 Å². The number of amides is 1. The first-order chi connectivity index (χ1) is 27.2. The summed E-state index contributed by atoms with van der Waals surface area (Å²) in [7, 11) is 0. The lowest BCUT2D eigenvalue weighted by Gasteiger charge is -2.09. The van der Waals surface area contributed by atoms with E-state index in [-0.39, 0.29) is 6.61 Å². The molecule has 0 heterocycles. The van der Waals surface area contributed by atoms with Gasteiger partial charge in [0.2, 0.25) is 5.91 Å².